The maximum absolute atomic E-state index is 13.4. The van der Waals surface area contributed by atoms with Crippen molar-refractivity contribution in [1.29, 1.82) is 0 Å². The zero-order chi connectivity index (χ0) is 25.6. The summed E-state index contributed by atoms with van der Waals surface area (Å²) in [4.78, 5) is 24.9. The number of nitrogens with one attached hydrogen (secondary N) is 1. The van der Waals surface area contributed by atoms with Gasteiger partial charge in [0.25, 0.3) is 0 Å². The standard InChI is InChI=1S/C26H30F3N7/c1-15-22(20(14-30-2)16-5-6-16)25(36(4)17-8-11-35(3)12-9-17)34-24(32-15)18-7-10-31-23-19(18)13-21(33-23)26(27,28)29/h7,10,13-14,16-17H,2,5-6,8-9,11-12H2,1,3-4H3,(H,31,33)/b20-14-. The maximum Gasteiger partial charge on any atom is 0.431 e. The number of rotatable bonds is 6. The van der Waals surface area contributed by atoms with E-state index in [0.717, 1.165) is 67.5 Å². The highest BCUT2D eigenvalue weighted by Gasteiger charge is 2.35. The van der Waals surface area contributed by atoms with Gasteiger partial charge in [-0.3, -0.25) is 4.99 Å². The molecular weight excluding hydrogens is 467 g/mol. The lowest BCUT2D eigenvalue weighted by molar-refractivity contribution is -0.140. The summed E-state index contributed by atoms with van der Waals surface area (Å²) < 4.78 is 40.2. The second-order valence-corrected chi connectivity index (χ2v) is 9.82. The SMILES string of the molecule is C=N/C=C(\c1c(C)nc(-c2ccnc3[nH]c(C(F)(F)F)cc23)nc1N(C)C1CCN(C)CC1)C1CC1. The van der Waals surface area contributed by atoms with Crippen molar-refractivity contribution in [2.24, 2.45) is 10.9 Å². The number of anilines is 1. The third kappa shape index (κ3) is 4.61. The van der Waals surface area contributed by atoms with Crippen LogP contribution in [0.5, 0.6) is 0 Å². The summed E-state index contributed by atoms with van der Waals surface area (Å²) in [6.07, 6.45) is 2.95. The first kappa shape index (κ1) is 24.4. The summed E-state index contributed by atoms with van der Waals surface area (Å²) in [5, 5.41) is 0.343. The molecule has 0 bridgehead atoms. The highest BCUT2D eigenvalue weighted by atomic mass is 19.4. The lowest BCUT2D eigenvalue weighted by atomic mass is 9.98. The van der Waals surface area contributed by atoms with Crippen molar-refractivity contribution in [3.05, 3.63) is 41.5 Å². The quantitative estimate of drug-likeness (QED) is 0.466. The van der Waals surface area contributed by atoms with E-state index in [-0.39, 0.29) is 5.65 Å². The molecule has 1 N–H and O–H groups in total. The predicted molar refractivity (Wildman–Crippen MR) is 136 cm³/mol. The Morgan fingerprint density at radius 1 is 1.22 bits per heavy atom. The zero-order valence-electron chi connectivity index (χ0n) is 20.7. The van der Waals surface area contributed by atoms with Crippen molar-refractivity contribution in [3.63, 3.8) is 0 Å². The van der Waals surface area contributed by atoms with Gasteiger partial charge in [-0.1, -0.05) is 0 Å². The van der Waals surface area contributed by atoms with E-state index in [2.05, 4.69) is 45.6 Å². The molecule has 1 saturated heterocycles. The molecule has 0 spiro atoms. The van der Waals surface area contributed by atoms with Gasteiger partial charge in [0.05, 0.1) is 5.69 Å². The summed E-state index contributed by atoms with van der Waals surface area (Å²) in [6.45, 7) is 7.60. The Hall–Kier alpha value is -3.27. The molecule has 36 heavy (non-hydrogen) atoms. The number of piperidine rings is 1. The van der Waals surface area contributed by atoms with Gasteiger partial charge in [-0.15, -0.1) is 0 Å². The first-order valence-electron chi connectivity index (χ1n) is 12.2. The molecule has 3 aromatic rings. The van der Waals surface area contributed by atoms with Crippen LogP contribution in [-0.2, 0) is 6.18 Å². The third-order valence-corrected chi connectivity index (χ3v) is 7.26. The van der Waals surface area contributed by atoms with Gasteiger partial charge in [-0.05, 0) is 83.1 Å². The molecule has 0 amide bonds. The summed E-state index contributed by atoms with van der Waals surface area (Å²) in [6, 6.07) is 3.05. The zero-order valence-corrected chi connectivity index (χ0v) is 20.7. The van der Waals surface area contributed by atoms with Crippen LogP contribution in [0.2, 0.25) is 0 Å². The molecule has 0 unspecified atom stereocenters. The molecule has 1 aliphatic heterocycles. The minimum Gasteiger partial charge on any atom is -0.356 e. The Labute approximate surface area is 208 Å². The third-order valence-electron chi connectivity index (χ3n) is 7.26. The number of nitrogens with zero attached hydrogens (tertiary/aromatic N) is 6. The minimum absolute atomic E-state index is 0.157. The van der Waals surface area contributed by atoms with E-state index in [1.165, 1.54) is 6.20 Å². The van der Waals surface area contributed by atoms with Crippen molar-refractivity contribution in [2.45, 2.75) is 44.8 Å². The monoisotopic (exact) mass is 497 g/mol. The second-order valence-electron chi connectivity index (χ2n) is 9.82. The van der Waals surface area contributed by atoms with Crippen LogP contribution in [0.3, 0.4) is 0 Å². The molecule has 1 saturated carbocycles. The highest BCUT2D eigenvalue weighted by molar-refractivity contribution is 5.92. The van der Waals surface area contributed by atoms with E-state index in [9.17, 15) is 13.2 Å². The lowest BCUT2D eigenvalue weighted by Crippen LogP contribution is -2.42. The Kier molecular flexibility index (Phi) is 6.32. The molecule has 0 radical (unpaired) electrons. The normalized spacial score (nSPS) is 18.1. The number of aryl methyl sites for hydroxylation is 1. The number of hydrogen-bond acceptors (Lipinski definition) is 6. The lowest BCUT2D eigenvalue weighted by Gasteiger charge is -2.37. The summed E-state index contributed by atoms with van der Waals surface area (Å²) >= 11 is 0. The van der Waals surface area contributed by atoms with Gasteiger partial charge in [0.2, 0.25) is 0 Å². The van der Waals surface area contributed by atoms with Gasteiger partial charge in [0, 0.05) is 42.0 Å². The molecule has 5 rings (SSSR count). The van der Waals surface area contributed by atoms with Gasteiger partial charge < -0.3 is 14.8 Å². The topological polar surface area (TPSA) is 73.3 Å². The Balaban J connectivity index is 1.67. The second kappa shape index (κ2) is 9.31. The number of aromatic amines is 1. The number of hydrogen-bond donors (Lipinski definition) is 1. The molecule has 10 heteroatoms. The van der Waals surface area contributed by atoms with Crippen LogP contribution in [0.15, 0.2) is 29.5 Å². The smallest absolute Gasteiger partial charge is 0.356 e. The number of allylic oxidation sites excluding steroid dienone is 1. The Morgan fingerprint density at radius 2 is 1.94 bits per heavy atom. The number of halogens is 3. The molecule has 7 nitrogen and oxygen atoms in total. The summed E-state index contributed by atoms with van der Waals surface area (Å²) in [5.74, 6) is 1.55. The number of aliphatic imine (C=N–C) groups is 1. The largest absolute Gasteiger partial charge is 0.431 e. The average Bonchev–Trinajstić information content (AvgIpc) is 3.58. The van der Waals surface area contributed by atoms with Gasteiger partial charge in [-0.2, -0.15) is 13.2 Å². The first-order valence-corrected chi connectivity index (χ1v) is 12.2. The average molecular weight is 498 g/mol. The maximum atomic E-state index is 13.4. The highest BCUT2D eigenvalue weighted by Crippen LogP contribution is 2.46. The molecule has 1 aliphatic carbocycles. The van der Waals surface area contributed by atoms with Gasteiger partial charge in [0.15, 0.2) is 5.82 Å². The molecule has 190 valence electrons. The van der Waals surface area contributed by atoms with E-state index < -0.39 is 11.9 Å². The van der Waals surface area contributed by atoms with Crippen LogP contribution >= 0.6 is 0 Å². The van der Waals surface area contributed by atoms with Crippen molar-refractivity contribution in [3.8, 4) is 11.4 Å². The molecule has 0 aromatic carbocycles. The minimum atomic E-state index is -4.50. The van der Waals surface area contributed by atoms with Crippen molar-refractivity contribution in [2.75, 3.05) is 32.1 Å². The Morgan fingerprint density at radius 3 is 2.58 bits per heavy atom. The Bertz CT molecular complexity index is 1320. The van der Waals surface area contributed by atoms with E-state index in [1.54, 1.807) is 12.3 Å². The number of likely N-dealkylation sites (tertiary alicyclic amines) is 1. The molecule has 3 aromatic heterocycles. The molecule has 2 aliphatic rings. The van der Waals surface area contributed by atoms with Crippen molar-refractivity contribution >= 4 is 29.1 Å². The van der Waals surface area contributed by atoms with Crippen LogP contribution in [-0.4, -0.2) is 64.8 Å². The number of H-pyrrole nitrogens is 1. The van der Waals surface area contributed by atoms with E-state index in [1.807, 2.05) is 6.92 Å². The molecule has 2 fully saturated rings. The summed E-state index contributed by atoms with van der Waals surface area (Å²) in [5.41, 5.74) is 2.62. The van der Waals surface area contributed by atoms with Crippen LogP contribution < -0.4 is 4.90 Å². The van der Waals surface area contributed by atoms with E-state index in [4.69, 9.17) is 9.97 Å². The van der Waals surface area contributed by atoms with Crippen molar-refractivity contribution in [1.82, 2.24) is 24.8 Å². The van der Waals surface area contributed by atoms with Crippen LogP contribution in [0.1, 0.15) is 42.6 Å². The van der Waals surface area contributed by atoms with Crippen LogP contribution in [0, 0.1) is 12.8 Å². The number of pyridine rings is 1. The number of fused-ring (bicyclic) bond motifs is 1. The fourth-order valence-electron chi connectivity index (χ4n) is 5.07. The molecular formula is C26H30F3N7. The van der Waals surface area contributed by atoms with Crippen LogP contribution in [0.25, 0.3) is 28.0 Å². The number of alkyl halides is 3. The van der Waals surface area contributed by atoms with Gasteiger partial charge in [-0.25, -0.2) is 15.0 Å². The molecule has 0 atom stereocenters. The van der Waals surface area contributed by atoms with Crippen molar-refractivity contribution < 1.29 is 13.2 Å². The fourth-order valence-corrected chi connectivity index (χ4v) is 5.07. The van der Waals surface area contributed by atoms with E-state index in [0.29, 0.717) is 28.7 Å². The molecule has 4 heterocycles. The van der Waals surface area contributed by atoms with Crippen LogP contribution in [0.4, 0.5) is 19.0 Å². The predicted octanol–water partition coefficient (Wildman–Crippen LogP) is 5.33. The fraction of sp³-hybridized carbons (Fsp3) is 0.462. The number of aromatic nitrogens is 4. The van der Waals surface area contributed by atoms with Gasteiger partial charge >= 0.3 is 6.18 Å². The first-order chi connectivity index (χ1) is 17.2. The summed E-state index contributed by atoms with van der Waals surface area (Å²) in [7, 11) is 4.18. The van der Waals surface area contributed by atoms with E-state index >= 15 is 0 Å². The van der Waals surface area contributed by atoms with Gasteiger partial charge in [0.1, 0.15) is 17.2 Å².